The summed E-state index contributed by atoms with van der Waals surface area (Å²) in [6.07, 6.45) is 6.49. The van der Waals surface area contributed by atoms with Gasteiger partial charge in [-0.15, -0.1) is 0 Å². The van der Waals surface area contributed by atoms with Crippen molar-refractivity contribution in [1.82, 2.24) is 14.9 Å². The first-order valence-corrected chi connectivity index (χ1v) is 7.76. The summed E-state index contributed by atoms with van der Waals surface area (Å²) < 4.78 is 5.79. The van der Waals surface area contributed by atoms with E-state index in [-0.39, 0.29) is 12.1 Å². The lowest BCUT2D eigenvalue weighted by Gasteiger charge is -2.32. The highest BCUT2D eigenvalue weighted by atomic mass is 16.5. The van der Waals surface area contributed by atoms with Gasteiger partial charge in [-0.2, -0.15) is 0 Å². The third kappa shape index (κ3) is 3.97. The summed E-state index contributed by atoms with van der Waals surface area (Å²) in [5.74, 6) is 0.537. The van der Waals surface area contributed by atoms with Gasteiger partial charge >= 0.3 is 6.03 Å². The molecule has 1 aliphatic rings. The van der Waals surface area contributed by atoms with Crippen molar-refractivity contribution in [2.24, 2.45) is 0 Å². The molecule has 1 fully saturated rings. The first-order valence-electron chi connectivity index (χ1n) is 7.76. The van der Waals surface area contributed by atoms with Gasteiger partial charge in [-0.1, -0.05) is 18.2 Å². The summed E-state index contributed by atoms with van der Waals surface area (Å²) in [6, 6.07) is 7.72. The molecule has 1 aromatic heterocycles. The molecule has 0 bridgehead atoms. The number of anilines is 1. The molecule has 2 heterocycles. The molecule has 120 valence electrons. The highest BCUT2D eigenvalue weighted by Gasteiger charge is 2.24. The van der Waals surface area contributed by atoms with Crippen molar-refractivity contribution in [3.05, 3.63) is 48.4 Å². The number of likely N-dealkylation sites (tertiary alicyclic amines) is 1. The van der Waals surface area contributed by atoms with Gasteiger partial charge in [0.25, 0.3) is 0 Å². The SMILES string of the molecule is Cc1ccccc1NC(=O)N1CCC(Oc2cnccn2)CC1. The van der Waals surface area contributed by atoms with Crippen LogP contribution in [0.2, 0.25) is 0 Å². The number of aromatic nitrogens is 2. The molecule has 1 N–H and O–H groups in total. The Morgan fingerprint density at radius 2 is 2.04 bits per heavy atom. The first kappa shape index (κ1) is 15.3. The number of ether oxygens (including phenoxy) is 1. The summed E-state index contributed by atoms with van der Waals surface area (Å²) in [7, 11) is 0. The van der Waals surface area contributed by atoms with Gasteiger partial charge in [-0.05, 0) is 18.6 Å². The fourth-order valence-electron chi connectivity index (χ4n) is 2.60. The number of nitrogens with zero attached hydrogens (tertiary/aromatic N) is 3. The smallest absolute Gasteiger partial charge is 0.321 e. The number of hydrogen-bond donors (Lipinski definition) is 1. The zero-order valence-corrected chi connectivity index (χ0v) is 13.1. The van der Waals surface area contributed by atoms with Gasteiger partial charge in [0.1, 0.15) is 6.10 Å². The van der Waals surface area contributed by atoms with Gasteiger partial charge in [0.05, 0.1) is 6.20 Å². The average molecular weight is 312 g/mol. The van der Waals surface area contributed by atoms with Gasteiger partial charge < -0.3 is 15.0 Å². The number of rotatable bonds is 3. The lowest BCUT2D eigenvalue weighted by Crippen LogP contribution is -2.43. The maximum absolute atomic E-state index is 12.3. The number of amides is 2. The molecule has 0 spiro atoms. The second-order valence-electron chi connectivity index (χ2n) is 5.59. The molecule has 2 aromatic rings. The Morgan fingerprint density at radius 3 is 2.74 bits per heavy atom. The van der Waals surface area contributed by atoms with E-state index in [1.54, 1.807) is 18.6 Å². The maximum Gasteiger partial charge on any atom is 0.321 e. The normalized spacial score (nSPS) is 15.3. The number of carbonyl (C=O) groups excluding carboxylic acids is 1. The number of carbonyl (C=O) groups is 1. The molecule has 2 amide bonds. The predicted octanol–water partition coefficient (Wildman–Crippen LogP) is 2.86. The fraction of sp³-hybridized carbons (Fsp3) is 0.353. The van der Waals surface area contributed by atoms with Gasteiger partial charge in [-0.25, -0.2) is 9.78 Å². The molecule has 23 heavy (non-hydrogen) atoms. The largest absolute Gasteiger partial charge is 0.473 e. The van der Waals surface area contributed by atoms with Crippen LogP contribution >= 0.6 is 0 Å². The molecule has 0 unspecified atom stereocenters. The summed E-state index contributed by atoms with van der Waals surface area (Å²) >= 11 is 0. The highest BCUT2D eigenvalue weighted by molar-refractivity contribution is 5.90. The molecule has 1 aromatic carbocycles. The zero-order valence-electron chi connectivity index (χ0n) is 13.1. The van der Waals surface area contributed by atoms with Crippen LogP contribution in [0.3, 0.4) is 0 Å². The van der Waals surface area contributed by atoms with Crippen molar-refractivity contribution in [2.45, 2.75) is 25.9 Å². The van der Waals surface area contributed by atoms with E-state index in [1.807, 2.05) is 36.1 Å². The van der Waals surface area contributed by atoms with Crippen molar-refractivity contribution in [1.29, 1.82) is 0 Å². The summed E-state index contributed by atoms with van der Waals surface area (Å²) in [4.78, 5) is 22.3. The molecule has 1 saturated heterocycles. The maximum atomic E-state index is 12.3. The summed E-state index contributed by atoms with van der Waals surface area (Å²) in [5.41, 5.74) is 1.91. The second-order valence-corrected chi connectivity index (χ2v) is 5.59. The van der Waals surface area contributed by atoms with E-state index < -0.39 is 0 Å². The van der Waals surface area contributed by atoms with E-state index in [0.29, 0.717) is 19.0 Å². The van der Waals surface area contributed by atoms with Gasteiger partial charge in [-0.3, -0.25) is 4.98 Å². The molecule has 3 rings (SSSR count). The molecule has 0 atom stereocenters. The van der Waals surface area contributed by atoms with Crippen LogP contribution in [-0.2, 0) is 0 Å². The van der Waals surface area contributed by atoms with Crippen molar-refractivity contribution in [3.63, 3.8) is 0 Å². The Labute approximate surface area is 135 Å². The minimum atomic E-state index is -0.0581. The lowest BCUT2D eigenvalue weighted by atomic mass is 10.1. The molecule has 0 saturated carbocycles. The van der Waals surface area contributed by atoms with Crippen molar-refractivity contribution < 1.29 is 9.53 Å². The fourth-order valence-corrected chi connectivity index (χ4v) is 2.60. The quantitative estimate of drug-likeness (QED) is 0.946. The average Bonchev–Trinajstić information content (AvgIpc) is 2.58. The molecule has 6 heteroatoms. The summed E-state index contributed by atoms with van der Waals surface area (Å²) in [6.45, 7) is 3.32. The minimum absolute atomic E-state index is 0.0581. The van der Waals surface area contributed by atoms with Crippen LogP contribution in [0.4, 0.5) is 10.5 Å². The Morgan fingerprint density at radius 1 is 1.26 bits per heavy atom. The van der Waals surface area contributed by atoms with Crippen LogP contribution in [0, 0.1) is 6.92 Å². The molecule has 0 radical (unpaired) electrons. The number of piperidine rings is 1. The van der Waals surface area contributed by atoms with Gasteiger partial charge in [0.2, 0.25) is 5.88 Å². The van der Waals surface area contributed by atoms with Crippen LogP contribution < -0.4 is 10.1 Å². The monoisotopic (exact) mass is 312 g/mol. The Balaban J connectivity index is 1.50. The van der Waals surface area contributed by atoms with Crippen molar-refractivity contribution in [3.8, 4) is 5.88 Å². The van der Waals surface area contributed by atoms with E-state index in [1.165, 1.54) is 0 Å². The van der Waals surface area contributed by atoms with Crippen molar-refractivity contribution in [2.75, 3.05) is 18.4 Å². The van der Waals surface area contributed by atoms with Crippen LogP contribution in [0.1, 0.15) is 18.4 Å². The Kier molecular flexibility index (Phi) is 4.71. The van der Waals surface area contributed by atoms with Gasteiger partial charge in [0, 0.05) is 44.0 Å². The highest BCUT2D eigenvalue weighted by Crippen LogP contribution is 2.18. The number of benzene rings is 1. The standard InChI is InChI=1S/C17H20N4O2/c1-13-4-2-3-5-15(13)20-17(22)21-10-6-14(7-11-21)23-16-12-18-8-9-19-16/h2-5,8-9,12,14H,6-7,10-11H2,1H3,(H,20,22). The Hall–Kier alpha value is -2.63. The number of aryl methyl sites for hydroxylation is 1. The van der Waals surface area contributed by atoms with E-state index in [4.69, 9.17) is 4.74 Å². The molecular weight excluding hydrogens is 292 g/mol. The van der Waals surface area contributed by atoms with E-state index in [2.05, 4.69) is 15.3 Å². The van der Waals surface area contributed by atoms with Gasteiger partial charge in [0.15, 0.2) is 0 Å². The minimum Gasteiger partial charge on any atom is -0.473 e. The molecular formula is C17H20N4O2. The predicted molar refractivity (Wildman–Crippen MR) is 87.5 cm³/mol. The van der Waals surface area contributed by atoms with E-state index in [0.717, 1.165) is 24.1 Å². The third-order valence-electron chi connectivity index (χ3n) is 3.94. The third-order valence-corrected chi connectivity index (χ3v) is 3.94. The first-order chi connectivity index (χ1) is 11.2. The second kappa shape index (κ2) is 7.09. The molecule has 0 aliphatic carbocycles. The van der Waals surface area contributed by atoms with Crippen LogP contribution in [0.5, 0.6) is 5.88 Å². The van der Waals surface area contributed by atoms with E-state index in [9.17, 15) is 4.79 Å². The van der Waals surface area contributed by atoms with E-state index >= 15 is 0 Å². The number of para-hydroxylation sites is 1. The van der Waals surface area contributed by atoms with Crippen molar-refractivity contribution >= 4 is 11.7 Å². The zero-order chi connectivity index (χ0) is 16.1. The number of nitrogens with one attached hydrogen (secondary N) is 1. The van der Waals surface area contributed by atoms with Crippen LogP contribution in [-0.4, -0.2) is 40.1 Å². The topological polar surface area (TPSA) is 67.4 Å². The molecule has 6 nitrogen and oxygen atoms in total. The number of hydrogen-bond acceptors (Lipinski definition) is 4. The number of urea groups is 1. The van der Waals surface area contributed by atoms with Crippen LogP contribution in [0.15, 0.2) is 42.9 Å². The molecule has 1 aliphatic heterocycles. The lowest BCUT2D eigenvalue weighted by molar-refractivity contribution is 0.111. The van der Waals surface area contributed by atoms with Crippen LogP contribution in [0.25, 0.3) is 0 Å². The Bertz CT molecular complexity index is 655. The summed E-state index contributed by atoms with van der Waals surface area (Å²) in [5, 5.41) is 2.97.